The molecule has 1 aliphatic rings. The monoisotopic (exact) mass is 417 g/mol. The summed E-state index contributed by atoms with van der Waals surface area (Å²) in [4.78, 5) is 30.6. The maximum Gasteiger partial charge on any atom is 0.256 e. The topological polar surface area (TPSA) is 62.3 Å². The van der Waals surface area contributed by atoms with E-state index in [4.69, 9.17) is 34.8 Å². The third-order valence-corrected chi connectivity index (χ3v) is 5.73. The number of nitrogens with zero attached hydrogens (tertiary/aromatic N) is 2. The Kier molecular flexibility index (Phi) is 5.84. The quantitative estimate of drug-likeness (QED) is 0.792. The fourth-order valence-corrected chi connectivity index (χ4v) is 4.24. The molecule has 0 aliphatic carbocycles. The zero-order chi connectivity index (χ0) is 18.0. The number of hydrogen-bond acceptors (Lipinski definition) is 4. The Morgan fingerprint density at radius 2 is 1.92 bits per heavy atom. The Labute approximate surface area is 163 Å². The first-order valence-corrected chi connectivity index (χ1v) is 9.55. The van der Waals surface area contributed by atoms with Gasteiger partial charge in [-0.05, 0) is 31.0 Å². The van der Waals surface area contributed by atoms with Crippen LogP contribution in [-0.4, -0.2) is 34.8 Å². The molecule has 0 spiro atoms. The maximum absolute atomic E-state index is 12.5. The van der Waals surface area contributed by atoms with E-state index >= 15 is 0 Å². The van der Waals surface area contributed by atoms with Gasteiger partial charge in [0.25, 0.3) is 5.91 Å². The summed E-state index contributed by atoms with van der Waals surface area (Å²) in [6.45, 7) is 0.990. The molecule has 0 unspecified atom stereocenters. The number of nitrogens with one attached hydrogen (secondary N) is 1. The summed E-state index contributed by atoms with van der Waals surface area (Å²) in [6, 6.07) is 4.91. The zero-order valence-electron chi connectivity index (χ0n) is 13.0. The van der Waals surface area contributed by atoms with Gasteiger partial charge in [-0.1, -0.05) is 34.8 Å². The summed E-state index contributed by atoms with van der Waals surface area (Å²) in [5.41, 5.74) is 0.421. The second-order valence-corrected chi connectivity index (χ2v) is 8.38. The molecular formula is C16H14Cl3N3O2S. The molecule has 1 fully saturated rings. The van der Waals surface area contributed by atoms with Crippen molar-refractivity contribution in [3.8, 4) is 0 Å². The number of rotatable bonds is 3. The number of carbonyl (C=O) groups excluding carboxylic acids is 2. The Morgan fingerprint density at radius 3 is 2.48 bits per heavy atom. The van der Waals surface area contributed by atoms with Crippen molar-refractivity contribution in [3.63, 3.8) is 0 Å². The number of amides is 2. The van der Waals surface area contributed by atoms with Crippen molar-refractivity contribution in [3.05, 3.63) is 43.7 Å². The Bertz CT molecular complexity index is 786. The minimum atomic E-state index is -0.164. The first-order valence-electron chi connectivity index (χ1n) is 7.60. The van der Waals surface area contributed by atoms with E-state index < -0.39 is 0 Å². The Morgan fingerprint density at radius 1 is 1.20 bits per heavy atom. The number of aromatic nitrogens is 1. The molecule has 25 heavy (non-hydrogen) atoms. The van der Waals surface area contributed by atoms with Crippen molar-refractivity contribution in [2.75, 3.05) is 18.4 Å². The molecule has 0 saturated carbocycles. The number of halogens is 3. The highest BCUT2D eigenvalue weighted by molar-refractivity contribution is 7.20. The van der Waals surface area contributed by atoms with Crippen LogP contribution in [0.15, 0.2) is 24.4 Å². The van der Waals surface area contributed by atoms with Crippen LogP contribution in [0.25, 0.3) is 0 Å². The average molecular weight is 419 g/mol. The van der Waals surface area contributed by atoms with Crippen LogP contribution in [0.4, 0.5) is 5.82 Å². The zero-order valence-corrected chi connectivity index (χ0v) is 16.1. The summed E-state index contributed by atoms with van der Waals surface area (Å²) in [7, 11) is 0. The van der Waals surface area contributed by atoms with Crippen LogP contribution in [0.5, 0.6) is 0 Å². The maximum atomic E-state index is 12.5. The molecule has 2 aromatic heterocycles. The molecule has 0 atom stereocenters. The fraction of sp³-hybridized carbons (Fsp3) is 0.312. The molecule has 3 heterocycles. The van der Waals surface area contributed by atoms with Crippen molar-refractivity contribution in [2.45, 2.75) is 12.8 Å². The minimum absolute atomic E-state index is 0.0986. The molecule has 2 aromatic rings. The van der Waals surface area contributed by atoms with Crippen molar-refractivity contribution >= 4 is 63.8 Å². The highest BCUT2D eigenvalue weighted by atomic mass is 35.5. The molecule has 132 valence electrons. The fourth-order valence-electron chi connectivity index (χ4n) is 2.68. The smallest absolute Gasteiger partial charge is 0.256 e. The second-order valence-electron chi connectivity index (χ2n) is 5.66. The molecule has 5 nitrogen and oxygen atoms in total. The lowest BCUT2D eigenvalue weighted by Crippen LogP contribution is -2.41. The lowest BCUT2D eigenvalue weighted by Gasteiger charge is -2.31. The highest BCUT2D eigenvalue weighted by Gasteiger charge is 2.29. The molecule has 1 aliphatic heterocycles. The first kappa shape index (κ1) is 18.5. The average Bonchev–Trinajstić information content (AvgIpc) is 2.94. The predicted molar refractivity (Wildman–Crippen MR) is 101 cm³/mol. The Balaban J connectivity index is 1.56. The van der Waals surface area contributed by atoms with Gasteiger partial charge in [-0.3, -0.25) is 9.59 Å². The molecule has 0 aromatic carbocycles. The van der Waals surface area contributed by atoms with Gasteiger partial charge in [0.05, 0.1) is 14.9 Å². The first-order chi connectivity index (χ1) is 11.9. The van der Waals surface area contributed by atoms with E-state index in [2.05, 4.69) is 10.3 Å². The number of anilines is 1. The summed E-state index contributed by atoms with van der Waals surface area (Å²) in [6.07, 6.45) is 2.65. The van der Waals surface area contributed by atoms with Crippen molar-refractivity contribution in [1.82, 2.24) is 9.88 Å². The summed E-state index contributed by atoms with van der Waals surface area (Å²) < 4.78 is 0.877. The van der Waals surface area contributed by atoms with Gasteiger partial charge in [0.15, 0.2) is 0 Å². The third kappa shape index (κ3) is 4.44. The van der Waals surface area contributed by atoms with Gasteiger partial charge in [-0.25, -0.2) is 4.98 Å². The molecule has 0 bridgehead atoms. The number of pyridine rings is 1. The number of piperidine rings is 1. The molecule has 1 saturated heterocycles. The van der Waals surface area contributed by atoms with Gasteiger partial charge >= 0.3 is 0 Å². The number of carbonyl (C=O) groups is 2. The van der Waals surface area contributed by atoms with E-state index in [1.165, 1.54) is 17.5 Å². The van der Waals surface area contributed by atoms with Crippen molar-refractivity contribution in [2.24, 2.45) is 5.92 Å². The van der Waals surface area contributed by atoms with Crippen LogP contribution in [0.3, 0.4) is 0 Å². The highest BCUT2D eigenvalue weighted by Crippen LogP contribution is 2.32. The normalized spacial score (nSPS) is 15.2. The van der Waals surface area contributed by atoms with Gasteiger partial charge < -0.3 is 10.2 Å². The lowest BCUT2D eigenvalue weighted by molar-refractivity contribution is -0.121. The minimum Gasteiger partial charge on any atom is -0.339 e. The van der Waals surface area contributed by atoms with Crippen LogP contribution < -0.4 is 5.32 Å². The van der Waals surface area contributed by atoms with Crippen molar-refractivity contribution < 1.29 is 9.59 Å². The number of likely N-dealkylation sites (tertiary alicyclic amines) is 1. The van der Waals surface area contributed by atoms with Gasteiger partial charge in [0.1, 0.15) is 10.2 Å². The predicted octanol–water partition coefficient (Wildman–Crippen LogP) is 4.59. The largest absolute Gasteiger partial charge is 0.339 e. The summed E-state index contributed by atoms with van der Waals surface area (Å²) in [5, 5.41) is 3.29. The molecule has 3 rings (SSSR count). The van der Waals surface area contributed by atoms with E-state index in [9.17, 15) is 9.59 Å². The summed E-state index contributed by atoms with van der Waals surface area (Å²) in [5.74, 6) is 0.0561. The Hall–Kier alpha value is -1.34. The van der Waals surface area contributed by atoms with Gasteiger partial charge in [-0.15, -0.1) is 11.3 Å². The molecule has 2 amide bonds. The van der Waals surface area contributed by atoms with Crippen LogP contribution in [0.2, 0.25) is 13.7 Å². The van der Waals surface area contributed by atoms with E-state index in [1.807, 2.05) is 0 Å². The van der Waals surface area contributed by atoms with Gasteiger partial charge in [0.2, 0.25) is 5.91 Å². The second kappa shape index (κ2) is 7.91. The van der Waals surface area contributed by atoms with Crippen LogP contribution >= 0.6 is 46.1 Å². The van der Waals surface area contributed by atoms with Crippen LogP contribution in [0, 0.1) is 5.92 Å². The van der Waals surface area contributed by atoms with Crippen LogP contribution in [-0.2, 0) is 4.79 Å². The number of hydrogen-bond donors (Lipinski definition) is 1. The van der Waals surface area contributed by atoms with E-state index in [0.29, 0.717) is 51.0 Å². The van der Waals surface area contributed by atoms with Crippen LogP contribution in [0.1, 0.15) is 23.2 Å². The third-order valence-electron chi connectivity index (χ3n) is 4.02. The standard InChI is InChI=1S/C16H14Cl3N3O2S/c17-10-1-2-13(20-8-10)21-15(23)9-3-5-22(6-4-9)16(24)11-7-12(18)25-14(11)19/h1-2,7-9H,3-6H2,(H,20,21,23). The van der Waals surface area contributed by atoms with Crippen molar-refractivity contribution in [1.29, 1.82) is 0 Å². The molecule has 9 heteroatoms. The molecular weight excluding hydrogens is 405 g/mol. The summed E-state index contributed by atoms with van der Waals surface area (Å²) >= 11 is 18.9. The number of thiophene rings is 1. The van der Waals surface area contributed by atoms with E-state index in [0.717, 1.165) is 0 Å². The van der Waals surface area contributed by atoms with Gasteiger partial charge in [-0.2, -0.15) is 0 Å². The molecule has 0 radical (unpaired) electrons. The molecule has 1 N–H and O–H groups in total. The lowest BCUT2D eigenvalue weighted by atomic mass is 9.95. The van der Waals surface area contributed by atoms with E-state index in [-0.39, 0.29) is 17.7 Å². The van der Waals surface area contributed by atoms with E-state index in [1.54, 1.807) is 23.1 Å². The van der Waals surface area contributed by atoms with Gasteiger partial charge in [0, 0.05) is 25.2 Å². The SMILES string of the molecule is O=C(Nc1ccc(Cl)cn1)C1CCN(C(=O)c2cc(Cl)sc2Cl)CC1.